The van der Waals surface area contributed by atoms with E-state index < -0.39 is 12.2 Å². The summed E-state index contributed by atoms with van der Waals surface area (Å²) in [5, 5.41) is 20.6. The molecule has 4 nitrogen and oxygen atoms in total. The van der Waals surface area contributed by atoms with Crippen molar-refractivity contribution in [3.8, 4) is 11.5 Å². The van der Waals surface area contributed by atoms with Crippen molar-refractivity contribution in [3.05, 3.63) is 59.7 Å². The Balaban J connectivity index is 2.24. The Labute approximate surface area is 118 Å². The highest BCUT2D eigenvalue weighted by Crippen LogP contribution is 2.31. The van der Waals surface area contributed by atoms with Gasteiger partial charge in [-0.1, -0.05) is 24.3 Å². The van der Waals surface area contributed by atoms with Crippen molar-refractivity contribution in [1.29, 1.82) is 0 Å². The van der Waals surface area contributed by atoms with Gasteiger partial charge in [-0.25, -0.2) is 0 Å². The van der Waals surface area contributed by atoms with Crippen LogP contribution in [-0.4, -0.2) is 24.4 Å². The third-order valence-corrected chi connectivity index (χ3v) is 3.17. The van der Waals surface area contributed by atoms with Crippen molar-refractivity contribution in [2.75, 3.05) is 14.2 Å². The van der Waals surface area contributed by atoms with Gasteiger partial charge in [-0.05, 0) is 35.4 Å². The first-order valence-corrected chi connectivity index (χ1v) is 6.29. The van der Waals surface area contributed by atoms with Gasteiger partial charge in [0, 0.05) is 0 Å². The molecule has 0 unspecified atom stereocenters. The standard InChI is InChI=1S/C16H18O4/c1-19-13-7-3-5-11(9-13)15(17)16(18)12-6-4-8-14(10-12)20-2/h3-10,15-18H,1-2H3/t15-,16-/m1/s1. The van der Waals surface area contributed by atoms with Crippen LogP contribution in [0.1, 0.15) is 23.3 Å². The largest absolute Gasteiger partial charge is 0.497 e. The Bertz CT molecular complexity index is 516. The van der Waals surface area contributed by atoms with E-state index >= 15 is 0 Å². The molecule has 2 atom stereocenters. The highest BCUT2D eigenvalue weighted by atomic mass is 16.5. The Morgan fingerprint density at radius 3 is 1.50 bits per heavy atom. The topological polar surface area (TPSA) is 58.9 Å². The van der Waals surface area contributed by atoms with E-state index in [1.165, 1.54) is 0 Å². The second kappa shape index (κ2) is 6.41. The van der Waals surface area contributed by atoms with Crippen LogP contribution in [0.15, 0.2) is 48.5 Å². The van der Waals surface area contributed by atoms with E-state index in [-0.39, 0.29) is 0 Å². The fourth-order valence-electron chi connectivity index (χ4n) is 2.02. The molecule has 0 saturated heterocycles. The third kappa shape index (κ3) is 3.10. The first-order chi connectivity index (χ1) is 9.65. The molecule has 106 valence electrons. The van der Waals surface area contributed by atoms with Crippen molar-refractivity contribution in [2.45, 2.75) is 12.2 Å². The lowest BCUT2D eigenvalue weighted by Gasteiger charge is -2.19. The summed E-state index contributed by atoms with van der Waals surface area (Å²) < 4.78 is 10.2. The van der Waals surface area contributed by atoms with Crippen LogP contribution in [0.3, 0.4) is 0 Å². The smallest absolute Gasteiger partial charge is 0.119 e. The SMILES string of the molecule is COc1cccc([C@@H](O)[C@H](O)c2cccc(OC)c2)c1. The number of aliphatic hydroxyl groups excluding tert-OH is 2. The lowest BCUT2D eigenvalue weighted by Crippen LogP contribution is -2.10. The van der Waals surface area contributed by atoms with Crippen LogP contribution in [-0.2, 0) is 0 Å². The fraction of sp³-hybridized carbons (Fsp3) is 0.250. The lowest BCUT2D eigenvalue weighted by atomic mass is 9.98. The molecule has 0 aromatic heterocycles. The van der Waals surface area contributed by atoms with Crippen LogP contribution in [0.4, 0.5) is 0 Å². The third-order valence-electron chi connectivity index (χ3n) is 3.17. The number of hydrogen-bond donors (Lipinski definition) is 2. The summed E-state index contributed by atoms with van der Waals surface area (Å²) in [4.78, 5) is 0. The summed E-state index contributed by atoms with van der Waals surface area (Å²) in [6.07, 6.45) is -2.06. The molecule has 0 bridgehead atoms. The number of methoxy groups -OCH3 is 2. The molecule has 0 aliphatic heterocycles. The summed E-state index contributed by atoms with van der Waals surface area (Å²) in [7, 11) is 3.12. The van der Waals surface area contributed by atoms with Crippen LogP contribution in [0.5, 0.6) is 11.5 Å². The number of hydrogen-bond acceptors (Lipinski definition) is 4. The van der Waals surface area contributed by atoms with Gasteiger partial charge in [-0.2, -0.15) is 0 Å². The zero-order chi connectivity index (χ0) is 14.5. The van der Waals surface area contributed by atoms with E-state index in [2.05, 4.69) is 0 Å². The molecule has 20 heavy (non-hydrogen) atoms. The molecule has 0 radical (unpaired) electrons. The van der Waals surface area contributed by atoms with Gasteiger partial charge >= 0.3 is 0 Å². The molecule has 0 fully saturated rings. The molecule has 0 heterocycles. The summed E-state index contributed by atoms with van der Waals surface area (Å²) >= 11 is 0. The molecular formula is C16H18O4. The summed E-state index contributed by atoms with van der Waals surface area (Å²) in [5.74, 6) is 1.28. The molecule has 0 spiro atoms. The summed E-state index contributed by atoms with van der Waals surface area (Å²) in [6, 6.07) is 14.0. The summed E-state index contributed by atoms with van der Waals surface area (Å²) in [6.45, 7) is 0. The second-order valence-corrected chi connectivity index (χ2v) is 4.44. The highest BCUT2D eigenvalue weighted by molar-refractivity contribution is 5.34. The molecule has 2 aromatic carbocycles. The lowest BCUT2D eigenvalue weighted by molar-refractivity contribution is 0.0170. The van der Waals surface area contributed by atoms with Crippen LogP contribution < -0.4 is 9.47 Å². The average molecular weight is 274 g/mol. The van der Waals surface area contributed by atoms with E-state index in [1.54, 1.807) is 62.8 Å². The Morgan fingerprint density at radius 2 is 1.15 bits per heavy atom. The Hall–Kier alpha value is -2.04. The predicted octanol–water partition coefficient (Wildman–Crippen LogP) is 2.47. The molecule has 0 amide bonds. The van der Waals surface area contributed by atoms with E-state index in [0.29, 0.717) is 22.6 Å². The molecule has 0 saturated carbocycles. The van der Waals surface area contributed by atoms with E-state index in [4.69, 9.17) is 9.47 Å². The van der Waals surface area contributed by atoms with Gasteiger partial charge in [0.05, 0.1) is 14.2 Å². The van der Waals surface area contributed by atoms with Crippen LogP contribution in [0.2, 0.25) is 0 Å². The van der Waals surface area contributed by atoms with E-state index in [1.807, 2.05) is 0 Å². The van der Waals surface area contributed by atoms with E-state index in [9.17, 15) is 10.2 Å². The van der Waals surface area contributed by atoms with Gasteiger partial charge < -0.3 is 19.7 Å². The molecule has 4 heteroatoms. The van der Waals surface area contributed by atoms with Crippen molar-refractivity contribution in [1.82, 2.24) is 0 Å². The first-order valence-electron chi connectivity index (χ1n) is 6.29. The van der Waals surface area contributed by atoms with Crippen molar-refractivity contribution in [3.63, 3.8) is 0 Å². The quantitative estimate of drug-likeness (QED) is 0.879. The number of rotatable bonds is 5. The number of ether oxygens (including phenoxy) is 2. The zero-order valence-electron chi connectivity index (χ0n) is 11.5. The summed E-state index contributed by atoms with van der Waals surface area (Å²) in [5.41, 5.74) is 1.19. The normalized spacial score (nSPS) is 13.6. The molecule has 0 aliphatic carbocycles. The highest BCUT2D eigenvalue weighted by Gasteiger charge is 2.21. The molecule has 2 rings (SSSR count). The Morgan fingerprint density at radius 1 is 0.750 bits per heavy atom. The van der Waals surface area contributed by atoms with Crippen molar-refractivity contribution < 1.29 is 19.7 Å². The Kier molecular flexibility index (Phi) is 4.61. The minimum atomic E-state index is -1.03. The van der Waals surface area contributed by atoms with Crippen LogP contribution in [0, 0.1) is 0 Å². The maximum absolute atomic E-state index is 10.3. The fourth-order valence-corrected chi connectivity index (χ4v) is 2.02. The second-order valence-electron chi connectivity index (χ2n) is 4.44. The van der Waals surface area contributed by atoms with Gasteiger partial charge in [-0.3, -0.25) is 0 Å². The van der Waals surface area contributed by atoms with Gasteiger partial charge in [-0.15, -0.1) is 0 Å². The molecular weight excluding hydrogens is 256 g/mol. The van der Waals surface area contributed by atoms with Crippen molar-refractivity contribution >= 4 is 0 Å². The predicted molar refractivity (Wildman–Crippen MR) is 75.9 cm³/mol. The zero-order valence-corrected chi connectivity index (χ0v) is 11.5. The monoisotopic (exact) mass is 274 g/mol. The molecule has 2 aromatic rings. The van der Waals surface area contributed by atoms with Crippen LogP contribution in [0.25, 0.3) is 0 Å². The van der Waals surface area contributed by atoms with Crippen molar-refractivity contribution in [2.24, 2.45) is 0 Å². The number of aliphatic hydroxyl groups is 2. The van der Waals surface area contributed by atoms with Crippen LogP contribution >= 0.6 is 0 Å². The van der Waals surface area contributed by atoms with Gasteiger partial charge in [0.1, 0.15) is 23.7 Å². The minimum Gasteiger partial charge on any atom is -0.497 e. The van der Waals surface area contributed by atoms with Gasteiger partial charge in [0.2, 0.25) is 0 Å². The molecule has 0 aliphatic rings. The maximum atomic E-state index is 10.3. The first kappa shape index (κ1) is 14.4. The maximum Gasteiger partial charge on any atom is 0.119 e. The van der Waals surface area contributed by atoms with E-state index in [0.717, 1.165) is 0 Å². The average Bonchev–Trinajstić information content (AvgIpc) is 2.53. The van der Waals surface area contributed by atoms with Gasteiger partial charge in [0.15, 0.2) is 0 Å². The molecule has 2 N–H and O–H groups in total. The number of benzene rings is 2. The van der Waals surface area contributed by atoms with Gasteiger partial charge in [0.25, 0.3) is 0 Å². The minimum absolute atomic E-state index is 0.597.